The molecule has 0 saturated carbocycles. The maximum absolute atomic E-state index is 12.7. The monoisotopic (exact) mass is 436 g/mol. The quantitative estimate of drug-likeness (QED) is 0.614. The van der Waals surface area contributed by atoms with Crippen molar-refractivity contribution in [2.75, 3.05) is 13.1 Å². The first kappa shape index (κ1) is 21.0. The molecule has 0 spiro atoms. The van der Waals surface area contributed by atoms with Crippen LogP contribution in [-0.2, 0) is 17.6 Å². The van der Waals surface area contributed by atoms with Gasteiger partial charge in [-0.15, -0.1) is 11.3 Å². The molecule has 2 aromatic heterocycles. The van der Waals surface area contributed by atoms with Crippen LogP contribution >= 0.6 is 11.3 Å². The molecule has 2 amide bonds. The number of carbonyl (C=O) groups excluding carboxylic acids is 2. The summed E-state index contributed by atoms with van der Waals surface area (Å²) in [7, 11) is 0. The first-order valence-corrected chi connectivity index (χ1v) is 11.1. The highest BCUT2D eigenvalue weighted by Gasteiger charge is 2.24. The van der Waals surface area contributed by atoms with Gasteiger partial charge in [0.1, 0.15) is 17.5 Å². The number of rotatable bonds is 7. The van der Waals surface area contributed by atoms with Crippen LogP contribution in [0.1, 0.15) is 39.6 Å². The summed E-state index contributed by atoms with van der Waals surface area (Å²) in [6.07, 6.45) is 4.07. The molecule has 0 aliphatic carbocycles. The van der Waals surface area contributed by atoms with Crippen LogP contribution in [0.3, 0.4) is 0 Å². The smallest absolute Gasteiger partial charge is 0.267 e. The average molecular weight is 437 g/mol. The standard InChI is InChI=1S/C23H24N4O3S/c24-23(29)20-14-19(6-9-25-20)30-18-7-10-27(11-8-18)22(28)13-17-15-31-21(26-17)12-16-4-2-1-3-5-16/h1-6,9,14-15,18H,7-8,10-13H2,(H2,24,29). The molecule has 1 saturated heterocycles. The van der Waals surface area contributed by atoms with Gasteiger partial charge in [0, 0.05) is 50.0 Å². The van der Waals surface area contributed by atoms with Crippen LogP contribution in [0.4, 0.5) is 0 Å². The summed E-state index contributed by atoms with van der Waals surface area (Å²) >= 11 is 1.60. The lowest BCUT2D eigenvalue weighted by Crippen LogP contribution is -2.42. The third kappa shape index (κ3) is 5.67. The lowest BCUT2D eigenvalue weighted by atomic mass is 10.1. The summed E-state index contributed by atoms with van der Waals surface area (Å²) in [5.74, 6) is 0.0803. The van der Waals surface area contributed by atoms with Gasteiger partial charge < -0.3 is 15.4 Å². The molecular weight excluding hydrogens is 412 g/mol. The molecule has 0 radical (unpaired) electrons. The van der Waals surface area contributed by atoms with Crippen molar-refractivity contribution in [1.82, 2.24) is 14.9 Å². The van der Waals surface area contributed by atoms with Crippen molar-refractivity contribution in [1.29, 1.82) is 0 Å². The number of likely N-dealkylation sites (tertiary alicyclic amines) is 1. The second-order valence-electron chi connectivity index (χ2n) is 7.51. The Balaban J connectivity index is 1.26. The summed E-state index contributed by atoms with van der Waals surface area (Å²) < 4.78 is 5.96. The van der Waals surface area contributed by atoms with Gasteiger partial charge in [-0.1, -0.05) is 30.3 Å². The molecule has 3 aromatic rings. The number of amides is 2. The fourth-order valence-corrected chi connectivity index (χ4v) is 4.41. The normalized spacial score (nSPS) is 14.4. The molecule has 3 heterocycles. The van der Waals surface area contributed by atoms with E-state index >= 15 is 0 Å². The highest BCUT2D eigenvalue weighted by atomic mass is 32.1. The minimum atomic E-state index is -0.583. The zero-order valence-electron chi connectivity index (χ0n) is 17.1. The van der Waals surface area contributed by atoms with Crippen LogP contribution < -0.4 is 10.5 Å². The minimum Gasteiger partial charge on any atom is -0.490 e. The highest BCUT2D eigenvalue weighted by molar-refractivity contribution is 7.09. The first-order chi connectivity index (χ1) is 15.1. The third-order valence-electron chi connectivity index (χ3n) is 5.21. The Hall–Kier alpha value is -3.26. The van der Waals surface area contributed by atoms with Crippen molar-refractivity contribution in [3.05, 3.63) is 76.0 Å². The maximum Gasteiger partial charge on any atom is 0.267 e. The van der Waals surface area contributed by atoms with Crippen molar-refractivity contribution in [2.24, 2.45) is 5.73 Å². The van der Waals surface area contributed by atoms with E-state index in [1.54, 1.807) is 23.5 Å². The predicted octanol–water partition coefficient (Wildman–Crippen LogP) is 2.84. The van der Waals surface area contributed by atoms with E-state index in [0.717, 1.165) is 30.0 Å². The van der Waals surface area contributed by atoms with E-state index in [-0.39, 0.29) is 17.7 Å². The van der Waals surface area contributed by atoms with Gasteiger partial charge in [0.05, 0.1) is 17.1 Å². The molecule has 31 heavy (non-hydrogen) atoms. The Labute approximate surface area is 184 Å². The fraction of sp³-hybridized carbons (Fsp3) is 0.304. The summed E-state index contributed by atoms with van der Waals surface area (Å²) in [5.41, 5.74) is 7.49. The van der Waals surface area contributed by atoms with E-state index in [1.165, 1.54) is 11.8 Å². The van der Waals surface area contributed by atoms with Gasteiger partial charge in [-0.3, -0.25) is 14.6 Å². The molecule has 160 valence electrons. The van der Waals surface area contributed by atoms with Gasteiger partial charge in [-0.05, 0) is 11.6 Å². The van der Waals surface area contributed by atoms with Crippen molar-refractivity contribution in [3.8, 4) is 5.75 Å². The highest BCUT2D eigenvalue weighted by Crippen LogP contribution is 2.21. The SMILES string of the molecule is NC(=O)c1cc(OC2CCN(C(=O)Cc3csc(Cc4ccccc4)n3)CC2)ccn1. The van der Waals surface area contributed by atoms with Gasteiger partial charge in [-0.25, -0.2) is 4.98 Å². The second-order valence-corrected chi connectivity index (χ2v) is 8.45. The molecule has 2 N–H and O–H groups in total. The van der Waals surface area contributed by atoms with Gasteiger partial charge in [0.2, 0.25) is 5.91 Å². The number of aromatic nitrogens is 2. The minimum absolute atomic E-state index is 0.0103. The Bertz CT molecular complexity index is 1050. The molecule has 8 heteroatoms. The number of carbonyl (C=O) groups is 2. The number of pyridine rings is 1. The molecule has 4 rings (SSSR count). The Morgan fingerprint density at radius 2 is 1.94 bits per heavy atom. The van der Waals surface area contributed by atoms with Crippen LogP contribution in [0.25, 0.3) is 0 Å². The number of hydrogen-bond acceptors (Lipinski definition) is 6. The van der Waals surface area contributed by atoms with Gasteiger partial charge in [-0.2, -0.15) is 0 Å². The zero-order valence-corrected chi connectivity index (χ0v) is 17.9. The second kappa shape index (κ2) is 9.70. The van der Waals surface area contributed by atoms with Crippen LogP contribution in [0, 0.1) is 0 Å². The van der Waals surface area contributed by atoms with Crippen molar-refractivity contribution in [2.45, 2.75) is 31.8 Å². The number of thiazole rings is 1. The number of ether oxygens (including phenoxy) is 1. The van der Waals surface area contributed by atoms with Crippen LogP contribution in [0.15, 0.2) is 54.0 Å². The fourth-order valence-electron chi connectivity index (χ4n) is 3.58. The number of piperidine rings is 1. The van der Waals surface area contributed by atoms with Crippen molar-refractivity contribution < 1.29 is 14.3 Å². The van der Waals surface area contributed by atoms with Crippen molar-refractivity contribution >= 4 is 23.2 Å². The number of benzene rings is 1. The largest absolute Gasteiger partial charge is 0.490 e. The van der Waals surface area contributed by atoms with Crippen LogP contribution in [0.5, 0.6) is 5.75 Å². The molecule has 1 fully saturated rings. The Morgan fingerprint density at radius 3 is 2.68 bits per heavy atom. The van der Waals surface area contributed by atoms with Gasteiger partial charge in [0.15, 0.2) is 0 Å². The first-order valence-electron chi connectivity index (χ1n) is 10.2. The lowest BCUT2D eigenvalue weighted by molar-refractivity contribution is -0.132. The lowest BCUT2D eigenvalue weighted by Gasteiger charge is -2.32. The molecule has 0 atom stereocenters. The summed E-state index contributed by atoms with van der Waals surface area (Å²) in [4.78, 5) is 34.4. The maximum atomic E-state index is 12.7. The molecule has 1 aromatic carbocycles. The average Bonchev–Trinajstić information content (AvgIpc) is 3.21. The molecule has 0 bridgehead atoms. The predicted molar refractivity (Wildman–Crippen MR) is 118 cm³/mol. The van der Waals surface area contributed by atoms with Gasteiger partial charge >= 0.3 is 0 Å². The van der Waals surface area contributed by atoms with E-state index in [0.29, 0.717) is 25.3 Å². The third-order valence-corrected chi connectivity index (χ3v) is 6.11. The number of hydrogen-bond donors (Lipinski definition) is 1. The van der Waals surface area contributed by atoms with Gasteiger partial charge in [0.25, 0.3) is 5.91 Å². The molecule has 1 aliphatic heterocycles. The van der Waals surface area contributed by atoms with Crippen molar-refractivity contribution in [3.63, 3.8) is 0 Å². The molecule has 0 unspecified atom stereocenters. The number of nitrogens with two attached hydrogens (primary N) is 1. The van der Waals surface area contributed by atoms with E-state index in [4.69, 9.17) is 10.5 Å². The molecule has 1 aliphatic rings. The zero-order chi connectivity index (χ0) is 21.6. The van der Waals surface area contributed by atoms with E-state index in [2.05, 4.69) is 22.1 Å². The Morgan fingerprint density at radius 1 is 1.16 bits per heavy atom. The van der Waals surface area contributed by atoms with E-state index in [1.807, 2.05) is 28.5 Å². The summed E-state index contributed by atoms with van der Waals surface area (Å²) in [5, 5.41) is 3.00. The topological polar surface area (TPSA) is 98.4 Å². The Kier molecular flexibility index (Phi) is 6.57. The van der Waals surface area contributed by atoms with Crippen LogP contribution in [0.2, 0.25) is 0 Å². The summed E-state index contributed by atoms with van der Waals surface area (Å²) in [6.45, 7) is 1.27. The van der Waals surface area contributed by atoms with E-state index < -0.39 is 5.91 Å². The van der Waals surface area contributed by atoms with Crippen LogP contribution in [-0.4, -0.2) is 45.9 Å². The van der Waals surface area contributed by atoms with E-state index in [9.17, 15) is 9.59 Å². The summed E-state index contributed by atoms with van der Waals surface area (Å²) in [6, 6.07) is 13.5. The number of primary amides is 1. The number of nitrogens with zero attached hydrogens (tertiary/aromatic N) is 3. The molecule has 7 nitrogen and oxygen atoms in total. The molecular formula is C23H24N4O3S.